The van der Waals surface area contributed by atoms with Gasteiger partial charge in [0.2, 0.25) is 0 Å². The normalized spacial score (nSPS) is 13.8. The highest BCUT2D eigenvalue weighted by Crippen LogP contribution is 2.22. The van der Waals surface area contributed by atoms with Gasteiger partial charge in [-0.1, -0.05) is 53.6 Å². The molecule has 1 heterocycles. The van der Waals surface area contributed by atoms with E-state index in [1.807, 2.05) is 44.3 Å². The molecule has 0 saturated carbocycles. The first-order valence-corrected chi connectivity index (χ1v) is 13.9. The van der Waals surface area contributed by atoms with E-state index in [1.165, 1.54) is 21.6 Å². The van der Waals surface area contributed by atoms with Gasteiger partial charge < -0.3 is 48.3 Å². The third-order valence-electron chi connectivity index (χ3n) is 4.69. The average Bonchev–Trinajstić information content (AvgIpc) is 3.24. The highest BCUT2D eigenvalue weighted by molar-refractivity contribution is 8.76. The van der Waals surface area contributed by atoms with Crippen LogP contribution in [0.2, 0.25) is 0 Å². The first kappa shape index (κ1) is 35.2. The van der Waals surface area contributed by atoms with Crippen molar-refractivity contribution in [2.45, 2.75) is 50.9 Å². The molecule has 4 atom stereocenters. The quantitative estimate of drug-likeness (QED) is 0.118. The lowest BCUT2D eigenvalue weighted by molar-refractivity contribution is -0.139. The highest BCUT2D eigenvalue weighted by atomic mass is 33.1. The number of nitrogens with one attached hydrogen (secondary N) is 1. The number of fused-ring (bicyclic) bond motifs is 1. The molecular formula is C23H37N5O8S2. The van der Waals surface area contributed by atoms with Crippen LogP contribution in [0.5, 0.6) is 0 Å². The fraction of sp³-hybridized carbons (Fsp3) is 0.478. The lowest BCUT2D eigenvalue weighted by Crippen LogP contribution is -2.33. The van der Waals surface area contributed by atoms with E-state index in [0.29, 0.717) is 18.8 Å². The number of rotatable bonds is 13. The summed E-state index contributed by atoms with van der Waals surface area (Å²) < 4.78 is 0. The van der Waals surface area contributed by atoms with Crippen LogP contribution in [0.3, 0.4) is 0 Å². The number of nitrogens with two attached hydrogens (primary N) is 4. The Hall–Kier alpha value is -2.82. The molecule has 2 aromatic rings. The van der Waals surface area contributed by atoms with Gasteiger partial charge in [-0.25, -0.2) is 0 Å². The van der Waals surface area contributed by atoms with Crippen molar-refractivity contribution in [1.82, 2.24) is 4.98 Å². The molecule has 1 aromatic heterocycles. The zero-order valence-electron chi connectivity index (χ0n) is 21.1. The number of aliphatic carboxylic acids is 4. The Kier molecular flexibility index (Phi) is 17.1. The number of H-pyrrole nitrogens is 1. The largest absolute Gasteiger partial charge is 0.480 e. The summed E-state index contributed by atoms with van der Waals surface area (Å²) in [5.74, 6) is -3.21. The van der Waals surface area contributed by atoms with Crippen molar-refractivity contribution in [1.29, 1.82) is 0 Å². The van der Waals surface area contributed by atoms with Crippen molar-refractivity contribution in [2.24, 2.45) is 28.9 Å². The Morgan fingerprint density at radius 1 is 0.763 bits per heavy atom. The van der Waals surface area contributed by atoms with Crippen LogP contribution in [0.4, 0.5) is 0 Å². The second-order valence-electron chi connectivity index (χ2n) is 8.54. The van der Waals surface area contributed by atoms with Gasteiger partial charge in [-0.3, -0.25) is 19.2 Å². The molecule has 13 nitrogen and oxygen atoms in total. The van der Waals surface area contributed by atoms with Gasteiger partial charge >= 0.3 is 23.9 Å². The maximum Gasteiger partial charge on any atom is 0.321 e. The molecule has 1 aromatic carbocycles. The molecule has 15 heteroatoms. The number of carbonyl (C=O) groups is 4. The number of carboxylic acid groups (broad SMARTS) is 4. The molecule has 2 rings (SSSR count). The van der Waals surface area contributed by atoms with Gasteiger partial charge in [0, 0.05) is 35.0 Å². The van der Waals surface area contributed by atoms with Crippen LogP contribution in [0, 0.1) is 5.92 Å². The molecule has 4 unspecified atom stereocenters. The van der Waals surface area contributed by atoms with E-state index >= 15 is 0 Å². The number of hydrogen-bond acceptors (Lipinski definition) is 10. The minimum absolute atomic E-state index is 0.229. The summed E-state index contributed by atoms with van der Waals surface area (Å²) in [6.45, 7) is 3.89. The minimum Gasteiger partial charge on any atom is -0.480 e. The second-order valence-corrected chi connectivity index (χ2v) is 11.1. The maximum absolute atomic E-state index is 10.6. The number of hydrogen-bond donors (Lipinski definition) is 9. The molecule has 0 radical (unpaired) electrons. The van der Waals surface area contributed by atoms with Gasteiger partial charge in [0.15, 0.2) is 0 Å². The van der Waals surface area contributed by atoms with Crippen LogP contribution < -0.4 is 22.9 Å². The minimum atomic E-state index is -1.07. The molecule has 0 amide bonds. The Balaban J connectivity index is 0.000000560. The van der Waals surface area contributed by atoms with Gasteiger partial charge in [0.05, 0.1) is 0 Å². The summed E-state index contributed by atoms with van der Waals surface area (Å²) in [5.41, 5.74) is 23.1. The van der Waals surface area contributed by atoms with Crippen molar-refractivity contribution in [3.8, 4) is 0 Å². The van der Waals surface area contributed by atoms with E-state index in [0.717, 1.165) is 16.5 Å². The molecule has 0 saturated heterocycles. The fourth-order valence-corrected chi connectivity index (χ4v) is 4.85. The number of para-hydroxylation sites is 1. The van der Waals surface area contributed by atoms with Crippen LogP contribution in [0.15, 0.2) is 30.5 Å². The first-order valence-electron chi connectivity index (χ1n) is 11.4. The second kappa shape index (κ2) is 18.4. The lowest BCUT2D eigenvalue weighted by Gasteiger charge is -2.07. The summed E-state index contributed by atoms with van der Waals surface area (Å²) in [6.07, 6.45) is 2.71. The highest BCUT2D eigenvalue weighted by Gasteiger charge is 2.15. The molecule has 13 N–H and O–H groups in total. The van der Waals surface area contributed by atoms with E-state index in [4.69, 9.17) is 43.4 Å². The SMILES string of the molecule is CC(C)CC(N)C(=O)O.NC(CSSCC(N)C(=O)O)C(=O)O.NC(Cc1c[nH]c2ccccc12)C(=O)O. The Morgan fingerprint density at radius 3 is 1.61 bits per heavy atom. The van der Waals surface area contributed by atoms with E-state index in [1.54, 1.807) is 0 Å². The summed E-state index contributed by atoms with van der Waals surface area (Å²) in [4.78, 5) is 44.4. The topological polar surface area (TPSA) is 269 Å². The van der Waals surface area contributed by atoms with Gasteiger partial charge in [0.25, 0.3) is 0 Å². The van der Waals surface area contributed by atoms with Crippen LogP contribution in [-0.2, 0) is 25.6 Å². The maximum atomic E-state index is 10.6. The van der Waals surface area contributed by atoms with Crippen molar-refractivity contribution >= 4 is 56.4 Å². The van der Waals surface area contributed by atoms with E-state index < -0.39 is 48.0 Å². The standard InChI is InChI=1S/C11H12N2O2.C6H12N2O4S2.C6H13NO2/c12-9(11(14)15)5-7-6-13-10-4-2-1-3-8(7)10;7-3(5(9)10)1-13-14-2-4(8)6(11)12;1-4(2)3-5(7)6(8)9/h1-4,6,9,13H,5,12H2,(H,14,15);3-4H,1-2,7-8H2,(H,9,10)(H,11,12);4-5H,3,7H2,1-2H3,(H,8,9). The summed E-state index contributed by atoms with van der Waals surface area (Å²) in [5, 5.41) is 34.9. The van der Waals surface area contributed by atoms with Crippen LogP contribution >= 0.6 is 21.6 Å². The van der Waals surface area contributed by atoms with Gasteiger partial charge in [-0.2, -0.15) is 0 Å². The number of carboxylic acids is 4. The lowest BCUT2D eigenvalue weighted by atomic mass is 10.1. The molecule has 0 aliphatic heterocycles. The van der Waals surface area contributed by atoms with Crippen LogP contribution in [0.25, 0.3) is 10.9 Å². The molecule has 0 bridgehead atoms. The molecular weight excluding hydrogens is 538 g/mol. The molecule has 0 fully saturated rings. The summed E-state index contributed by atoms with van der Waals surface area (Å²) in [7, 11) is 2.41. The van der Waals surface area contributed by atoms with E-state index in [9.17, 15) is 19.2 Å². The fourth-order valence-electron chi connectivity index (χ4n) is 2.62. The number of aromatic amines is 1. The molecule has 0 spiro atoms. The smallest absolute Gasteiger partial charge is 0.321 e. The Morgan fingerprint density at radius 2 is 1.21 bits per heavy atom. The zero-order chi connectivity index (χ0) is 29.4. The average molecular weight is 576 g/mol. The van der Waals surface area contributed by atoms with Crippen molar-refractivity contribution < 1.29 is 39.6 Å². The monoisotopic (exact) mass is 575 g/mol. The molecule has 0 aliphatic rings. The van der Waals surface area contributed by atoms with Crippen LogP contribution in [0.1, 0.15) is 25.8 Å². The summed E-state index contributed by atoms with van der Waals surface area (Å²) in [6, 6.07) is 4.38. The van der Waals surface area contributed by atoms with E-state index in [-0.39, 0.29) is 11.5 Å². The molecule has 38 heavy (non-hydrogen) atoms. The third-order valence-corrected chi connectivity index (χ3v) is 7.16. The summed E-state index contributed by atoms with van der Waals surface area (Å²) >= 11 is 0. The van der Waals surface area contributed by atoms with Gasteiger partial charge in [-0.05, 0) is 24.0 Å². The van der Waals surface area contributed by atoms with Crippen molar-refractivity contribution in [3.63, 3.8) is 0 Å². The Bertz CT molecular complexity index is 1010. The van der Waals surface area contributed by atoms with Crippen LogP contribution in [-0.4, -0.2) is 85.0 Å². The van der Waals surface area contributed by atoms with Gasteiger partial charge in [-0.15, -0.1) is 0 Å². The Labute approximate surface area is 228 Å². The molecule has 214 valence electrons. The van der Waals surface area contributed by atoms with E-state index in [2.05, 4.69) is 4.98 Å². The zero-order valence-corrected chi connectivity index (χ0v) is 22.8. The predicted octanol–water partition coefficient (Wildman–Crippen LogP) is 0.758. The predicted molar refractivity (Wildman–Crippen MR) is 149 cm³/mol. The van der Waals surface area contributed by atoms with Gasteiger partial charge in [0.1, 0.15) is 24.2 Å². The molecule has 0 aliphatic carbocycles. The first-order chi connectivity index (χ1) is 17.7. The number of benzene rings is 1. The number of aromatic nitrogens is 1. The third kappa shape index (κ3) is 14.8. The van der Waals surface area contributed by atoms with Crippen molar-refractivity contribution in [2.75, 3.05) is 11.5 Å². The van der Waals surface area contributed by atoms with Crippen molar-refractivity contribution in [3.05, 3.63) is 36.0 Å².